The monoisotopic (exact) mass is 429 g/mol. The number of hydrogen-bond acceptors (Lipinski definition) is 5. The number of halogens is 1. The Labute approximate surface area is 179 Å². The van der Waals surface area contributed by atoms with Crippen LogP contribution in [0.15, 0.2) is 48.5 Å². The summed E-state index contributed by atoms with van der Waals surface area (Å²) >= 11 is 7.85. The van der Waals surface area contributed by atoms with Crippen molar-refractivity contribution in [3.63, 3.8) is 0 Å². The molecule has 1 amide bonds. The first-order valence-corrected chi connectivity index (χ1v) is 11.1. The molecule has 2 heterocycles. The van der Waals surface area contributed by atoms with Gasteiger partial charge in [-0.3, -0.25) is 14.6 Å². The fourth-order valence-electron chi connectivity index (χ4n) is 3.48. The Morgan fingerprint density at radius 2 is 1.90 bits per heavy atom. The third kappa shape index (κ3) is 5.14. The molecule has 152 valence electrons. The fraction of sp³-hybridized carbons (Fsp3) is 0.364. The lowest BCUT2D eigenvalue weighted by Crippen LogP contribution is -2.39. The molecule has 1 saturated heterocycles. The lowest BCUT2D eigenvalue weighted by atomic mass is 10.1. The first kappa shape index (κ1) is 20.3. The maximum Gasteiger partial charge on any atom is 0.233 e. The molecule has 1 fully saturated rings. The largest absolute Gasteiger partial charge is 0.379 e. The van der Waals surface area contributed by atoms with E-state index in [0.717, 1.165) is 60.2 Å². The normalized spacial score (nSPS) is 14.9. The van der Waals surface area contributed by atoms with E-state index < -0.39 is 0 Å². The van der Waals surface area contributed by atoms with E-state index in [1.807, 2.05) is 53.4 Å². The summed E-state index contributed by atoms with van der Waals surface area (Å²) in [5, 5.41) is 1.38. The van der Waals surface area contributed by atoms with E-state index in [9.17, 15) is 4.79 Å². The van der Waals surface area contributed by atoms with Gasteiger partial charge in [-0.1, -0.05) is 53.3 Å². The minimum Gasteiger partial charge on any atom is -0.379 e. The molecule has 29 heavy (non-hydrogen) atoms. The van der Waals surface area contributed by atoms with Crippen LogP contribution in [0.3, 0.4) is 0 Å². The lowest BCUT2D eigenvalue weighted by Gasteiger charge is -2.27. The van der Waals surface area contributed by atoms with Gasteiger partial charge in [-0.15, -0.1) is 0 Å². The van der Waals surface area contributed by atoms with E-state index in [4.69, 9.17) is 21.3 Å². The van der Waals surface area contributed by atoms with Gasteiger partial charge in [0, 0.05) is 31.2 Å². The number of fused-ring (bicyclic) bond motifs is 1. The minimum atomic E-state index is 0.0270. The van der Waals surface area contributed by atoms with Gasteiger partial charge in [0.1, 0.15) is 0 Å². The van der Waals surface area contributed by atoms with Crippen molar-refractivity contribution in [3.8, 4) is 0 Å². The van der Waals surface area contributed by atoms with Crippen molar-refractivity contribution >= 4 is 44.2 Å². The van der Waals surface area contributed by atoms with E-state index in [1.165, 1.54) is 0 Å². The van der Waals surface area contributed by atoms with Crippen LogP contribution in [0.25, 0.3) is 10.2 Å². The van der Waals surface area contributed by atoms with Crippen molar-refractivity contribution in [3.05, 3.63) is 59.1 Å². The van der Waals surface area contributed by atoms with Crippen LogP contribution in [0.2, 0.25) is 5.02 Å². The molecule has 3 aromatic rings. The highest BCUT2D eigenvalue weighted by Gasteiger charge is 2.21. The highest BCUT2D eigenvalue weighted by molar-refractivity contribution is 7.22. The van der Waals surface area contributed by atoms with Crippen LogP contribution in [-0.2, 0) is 16.0 Å². The first-order chi connectivity index (χ1) is 14.2. The predicted octanol–water partition coefficient (Wildman–Crippen LogP) is 4.25. The van der Waals surface area contributed by atoms with Crippen molar-refractivity contribution < 1.29 is 9.53 Å². The molecule has 0 N–H and O–H groups in total. The van der Waals surface area contributed by atoms with Crippen molar-refractivity contribution in [2.45, 2.75) is 12.8 Å². The first-order valence-electron chi connectivity index (χ1n) is 9.90. The van der Waals surface area contributed by atoms with E-state index in [0.29, 0.717) is 11.6 Å². The van der Waals surface area contributed by atoms with E-state index in [-0.39, 0.29) is 12.3 Å². The number of anilines is 1. The van der Waals surface area contributed by atoms with Gasteiger partial charge in [0.05, 0.1) is 29.9 Å². The molecule has 0 aliphatic carbocycles. The quantitative estimate of drug-likeness (QED) is 0.563. The molecule has 1 aliphatic rings. The van der Waals surface area contributed by atoms with Crippen LogP contribution in [0.4, 0.5) is 5.13 Å². The summed E-state index contributed by atoms with van der Waals surface area (Å²) in [5.41, 5.74) is 1.77. The summed E-state index contributed by atoms with van der Waals surface area (Å²) in [6.07, 6.45) is 1.16. The summed E-state index contributed by atoms with van der Waals surface area (Å²) in [6.45, 7) is 5.06. The molecular weight excluding hydrogens is 406 g/mol. The minimum absolute atomic E-state index is 0.0270. The van der Waals surface area contributed by atoms with Crippen molar-refractivity contribution in [1.29, 1.82) is 0 Å². The molecular formula is C22H24ClN3O2S. The Bertz CT molecular complexity index is 938. The highest BCUT2D eigenvalue weighted by atomic mass is 35.5. The van der Waals surface area contributed by atoms with Gasteiger partial charge in [-0.25, -0.2) is 4.98 Å². The SMILES string of the molecule is O=C(Cc1ccccc1Cl)N(CCCN1CCOCC1)c1nc2ccccc2s1. The van der Waals surface area contributed by atoms with E-state index in [2.05, 4.69) is 4.90 Å². The Morgan fingerprint density at radius 1 is 1.14 bits per heavy atom. The van der Waals surface area contributed by atoms with E-state index >= 15 is 0 Å². The number of carbonyl (C=O) groups is 1. The van der Waals surface area contributed by atoms with E-state index in [1.54, 1.807) is 11.3 Å². The number of ether oxygens (including phenoxy) is 1. The molecule has 0 bridgehead atoms. The Hall–Kier alpha value is -1.99. The second kappa shape index (κ2) is 9.67. The van der Waals surface area contributed by atoms with Gasteiger partial charge in [0.2, 0.25) is 5.91 Å². The van der Waals surface area contributed by atoms with Crippen LogP contribution in [0, 0.1) is 0 Å². The number of amides is 1. The number of aromatic nitrogens is 1. The van der Waals surface area contributed by atoms with Crippen molar-refractivity contribution in [1.82, 2.24) is 9.88 Å². The predicted molar refractivity (Wildman–Crippen MR) is 119 cm³/mol. The Morgan fingerprint density at radius 3 is 2.69 bits per heavy atom. The van der Waals surface area contributed by atoms with Crippen LogP contribution in [0.1, 0.15) is 12.0 Å². The number of rotatable bonds is 7. The molecule has 0 atom stereocenters. The number of nitrogens with zero attached hydrogens (tertiary/aromatic N) is 3. The summed E-state index contributed by atoms with van der Waals surface area (Å²) in [7, 11) is 0. The molecule has 7 heteroatoms. The van der Waals surface area contributed by atoms with Gasteiger partial charge >= 0.3 is 0 Å². The lowest BCUT2D eigenvalue weighted by molar-refractivity contribution is -0.118. The maximum atomic E-state index is 13.2. The van der Waals surface area contributed by atoms with Gasteiger partial charge in [-0.2, -0.15) is 0 Å². The number of benzene rings is 2. The second-order valence-electron chi connectivity index (χ2n) is 7.09. The standard InChI is InChI=1S/C22H24ClN3O2S/c23-18-7-2-1-6-17(18)16-21(27)26(11-5-10-25-12-14-28-15-13-25)22-24-19-8-3-4-9-20(19)29-22/h1-4,6-9H,5,10-16H2. The molecule has 1 aromatic heterocycles. The average Bonchev–Trinajstić information content (AvgIpc) is 3.17. The number of morpholine rings is 1. The second-order valence-corrected chi connectivity index (χ2v) is 8.50. The molecule has 0 saturated carbocycles. The molecule has 4 rings (SSSR count). The fourth-order valence-corrected chi connectivity index (χ4v) is 4.69. The maximum absolute atomic E-state index is 13.2. The summed E-state index contributed by atoms with van der Waals surface area (Å²) < 4.78 is 6.51. The van der Waals surface area contributed by atoms with Crippen molar-refractivity contribution in [2.75, 3.05) is 44.3 Å². The zero-order valence-corrected chi connectivity index (χ0v) is 17.8. The molecule has 0 spiro atoms. The average molecular weight is 430 g/mol. The van der Waals surface area contributed by atoms with Crippen molar-refractivity contribution in [2.24, 2.45) is 0 Å². The Balaban J connectivity index is 1.51. The van der Waals surface area contributed by atoms with Crippen LogP contribution in [0.5, 0.6) is 0 Å². The Kier molecular flexibility index (Phi) is 6.77. The summed E-state index contributed by atoms with van der Waals surface area (Å²) in [6, 6.07) is 15.5. The summed E-state index contributed by atoms with van der Waals surface area (Å²) in [4.78, 5) is 22.2. The van der Waals surface area contributed by atoms with Gasteiger partial charge in [0.25, 0.3) is 0 Å². The zero-order chi connectivity index (χ0) is 20.1. The third-order valence-corrected chi connectivity index (χ3v) is 6.50. The number of thiazole rings is 1. The van der Waals surface area contributed by atoms with Crippen LogP contribution in [-0.4, -0.2) is 55.2 Å². The summed E-state index contributed by atoms with van der Waals surface area (Å²) in [5.74, 6) is 0.0270. The van der Waals surface area contributed by atoms with Gasteiger partial charge in [0.15, 0.2) is 5.13 Å². The zero-order valence-electron chi connectivity index (χ0n) is 16.2. The topological polar surface area (TPSA) is 45.7 Å². The smallest absolute Gasteiger partial charge is 0.233 e. The molecule has 5 nitrogen and oxygen atoms in total. The molecule has 1 aliphatic heterocycles. The van der Waals surface area contributed by atoms with Crippen LogP contribution >= 0.6 is 22.9 Å². The highest BCUT2D eigenvalue weighted by Crippen LogP contribution is 2.29. The third-order valence-electron chi connectivity index (χ3n) is 5.07. The van der Waals surface area contributed by atoms with Gasteiger partial charge < -0.3 is 4.74 Å². The van der Waals surface area contributed by atoms with Crippen LogP contribution < -0.4 is 4.90 Å². The molecule has 0 radical (unpaired) electrons. The molecule has 0 unspecified atom stereocenters. The number of hydrogen-bond donors (Lipinski definition) is 0. The number of para-hydroxylation sites is 1. The van der Waals surface area contributed by atoms with Gasteiger partial charge in [-0.05, 0) is 30.2 Å². The number of carbonyl (C=O) groups excluding carboxylic acids is 1. The molecule has 2 aromatic carbocycles.